The molecule has 0 aliphatic rings. The molecule has 0 amide bonds. The van der Waals surface area contributed by atoms with E-state index in [0.717, 1.165) is 17.7 Å². The van der Waals surface area contributed by atoms with Crippen LogP contribution in [0.15, 0.2) is 48.5 Å². The number of hydrogen-bond acceptors (Lipinski definition) is 1. The molecule has 2 N–H and O–H groups in total. The highest BCUT2D eigenvalue weighted by Gasteiger charge is 2.31. The topological polar surface area (TPSA) is 26.0 Å². The molecule has 1 nitrogen and oxygen atoms in total. The maximum Gasteiger partial charge on any atom is 0.416 e. The second-order valence-corrected chi connectivity index (χ2v) is 4.57. The van der Waals surface area contributed by atoms with Gasteiger partial charge in [0.05, 0.1) is 5.56 Å². The molecule has 20 heavy (non-hydrogen) atoms. The van der Waals surface area contributed by atoms with Gasteiger partial charge in [-0.15, -0.1) is 0 Å². The smallest absolute Gasteiger partial charge is 0.324 e. The Morgan fingerprint density at radius 1 is 1.00 bits per heavy atom. The van der Waals surface area contributed by atoms with E-state index in [1.165, 1.54) is 0 Å². The van der Waals surface area contributed by atoms with Crippen molar-refractivity contribution < 1.29 is 17.6 Å². The highest BCUT2D eigenvalue weighted by Crippen LogP contribution is 2.31. The van der Waals surface area contributed by atoms with Crippen molar-refractivity contribution in [3.8, 4) is 0 Å². The fraction of sp³-hybridized carbons (Fsp3) is 0.200. The molecule has 2 aromatic rings. The number of hydrogen-bond donors (Lipinski definition) is 1. The first-order chi connectivity index (χ1) is 9.36. The van der Waals surface area contributed by atoms with Crippen LogP contribution in [0.3, 0.4) is 0 Å². The van der Waals surface area contributed by atoms with Crippen LogP contribution in [0.1, 0.15) is 22.7 Å². The second-order valence-electron chi connectivity index (χ2n) is 4.57. The van der Waals surface area contributed by atoms with Gasteiger partial charge in [0.15, 0.2) is 0 Å². The molecule has 2 aromatic carbocycles. The van der Waals surface area contributed by atoms with E-state index in [-0.39, 0.29) is 12.0 Å². The highest BCUT2D eigenvalue weighted by molar-refractivity contribution is 5.29. The second kappa shape index (κ2) is 5.63. The summed E-state index contributed by atoms with van der Waals surface area (Å²) < 4.78 is 51.1. The molecule has 0 aromatic heterocycles. The molecule has 106 valence electrons. The Balaban J connectivity index is 2.24. The molecule has 1 atom stereocenters. The number of rotatable bonds is 3. The van der Waals surface area contributed by atoms with Crippen LogP contribution in [0.4, 0.5) is 17.6 Å². The minimum atomic E-state index is -4.56. The van der Waals surface area contributed by atoms with Gasteiger partial charge in [-0.05, 0) is 35.7 Å². The van der Waals surface area contributed by atoms with Crippen molar-refractivity contribution in [1.82, 2.24) is 0 Å². The number of halogens is 4. The molecule has 0 radical (unpaired) electrons. The lowest BCUT2D eigenvalue weighted by molar-refractivity contribution is -0.137. The van der Waals surface area contributed by atoms with E-state index >= 15 is 0 Å². The summed E-state index contributed by atoms with van der Waals surface area (Å²) in [7, 11) is 0. The van der Waals surface area contributed by atoms with Gasteiger partial charge in [0.2, 0.25) is 0 Å². The van der Waals surface area contributed by atoms with E-state index in [1.54, 1.807) is 24.3 Å². The first kappa shape index (κ1) is 14.5. The van der Waals surface area contributed by atoms with Gasteiger partial charge < -0.3 is 5.73 Å². The van der Waals surface area contributed by atoms with Crippen LogP contribution in [0.2, 0.25) is 0 Å². The van der Waals surface area contributed by atoms with Crippen LogP contribution in [0, 0.1) is 5.82 Å². The Labute approximate surface area is 114 Å². The van der Waals surface area contributed by atoms with Gasteiger partial charge in [0, 0.05) is 6.04 Å². The molecular formula is C15H13F4N. The minimum Gasteiger partial charge on any atom is -0.324 e. The van der Waals surface area contributed by atoms with Crippen molar-refractivity contribution in [3.63, 3.8) is 0 Å². The van der Waals surface area contributed by atoms with Gasteiger partial charge in [0.1, 0.15) is 5.82 Å². The molecule has 0 spiro atoms. The molecule has 5 heteroatoms. The van der Waals surface area contributed by atoms with Gasteiger partial charge in [-0.25, -0.2) is 4.39 Å². The third kappa shape index (κ3) is 3.57. The lowest BCUT2D eigenvalue weighted by Gasteiger charge is -2.14. The lowest BCUT2D eigenvalue weighted by atomic mass is 9.98. The predicted molar refractivity (Wildman–Crippen MR) is 68.5 cm³/mol. The van der Waals surface area contributed by atoms with E-state index < -0.39 is 23.6 Å². The minimum absolute atomic E-state index is 0.144. The molecule has 1 unspecified atom stereocenters. The summed E-state index contributed by atoms with van der Waals surface area (Å²) in [6.45, 7) is 0. The Bertz CT molecular complexity index is 578. The van der Waals surface area contributed by atoms with Crippen LogP contribution in [0.5, 0.6) is 0 Å². The van der Waals surface area contributed by atoms with E-state index in [0.29, 0.717) is 6.07 Å². The van der Waals surface area contributed by atoms with Crippen LogP contribution in [-0.2, 0) is 12.6 Å². The zero-order valence-electron chi connectivity index (χ0n) is 10.5. The molecule has 0 fully saturated rings. The van der Waals surface area contributed by atoms with Gasteiger partial charge in [-0.2, -0.15) is 13.2 Å². The summed E-state index contributed by atoms with van der Waals surface area (Å²) in [6, 6.07) is 11.0. The predicted octanol–water partition coefficient (Wildman–Crippen LogP) is 4.09. The van der Waals surface area contributed by atoms with E-state index in [2.05, 4.69) is 0 Å². The lowest BCUT2D eigenvalue weighted by Crippen LogP contribution is -2.14. The Hall–Kier alpha value is -1.88. The zero-order chi connectivity index (χ0) is 14.8. The van der Waals surface area contributed by atoms with Crippen molar-refractivity contribution in [3.05, 3.63) is 71.0 Å². The van der Waals surface area contributed by atoms with Crippen molar-refractivity contribution in [2.24, 2.45) is 5.73 Å². The molecule has 2 rings (SSSR count). The maximum absolute atomic E-state index is 13.3. The number of alkyl halides is 3. The van der Waals surface area contributed by atoms with Gasteiger partial charge >= 0.3 is 6.18 Å². The maximum atomic E-state index is 13.3. The molecular weight excluding hydrogens is 270 g/mol. The van der Waals surface area contributed by atoms with Gasteiger partial charge in [-0.1, -0.05) is 30.3 Å². The largest absolute Gasteiger partial charge is 0.416 e. The Morgan fingerprint density at radius 3 is 2.25 bits per heavy atom. The Morgan fingerprint density at radius 2 is 1.65 bits per heavy atom. The third-order valence-electron chi connectivity index (χ3n) is 2.97. The van der Waals surface area contributed by atoms with Crippen molar-refractivity contribution in [2.75, 3.05) is 0 Å². The van der Waals surface area contributed by atoms with E-state index in [1.807, 2.05) is 6.07 Å². The van der Waals surface area contributed by atoms with E-state index in [4.69, 9.17) is 5.73 Å². The average molecular weight is 283 g/mol. The first-order valence-corrected chi connectivity index (χ1v) is 6.03. The van der Waals surface area contributed by atoms with Crippen molar-refractivity contribution >= 4 is 0 Å². The molecule has 0 heterocycles. The summed E-state index contributed by atoms with van der Waals surface area (Å²) in [4.78, 5) is 0. The van der Waals surface area contributed by atoms with Crippen LogP contribution < -0.4 is 5.73 Å². The molecule has 0 aliphatic carbocycles. The first-order valence-electron chi connectivity index (χ1n) is 6.03. The standard InChI is InChI=1S/C15H13F4N/c16-13-7-10(6-12(9-13)15(17,18)19)8-14(20)11-4-2-1-3-5-11/h1-7,9,14H,8,20H2. The number of benzene rings is 2. The van der Waals surface area contributed by atoms with Crippen LogP contribution in [-0.4, -0.2) is 0 Å². The van der Waals surface area contributed by atoms with E-state index in [9.17, 15) is 17.6 Å². The fourth-order valence-corrected chi connectivity index (χ4v) is 2.00. The summed E-state index contributed by atoms with van der Waals surface area (Å²) in [5.74, 6) is -0.907. The molecule has 0 saturated heterocycles. The average Bonchev–Trinajstić information content (AvgIpc) is 2.38. The SMILES string of the molecule is NC(Cc1cc(F)cc(C(F)(F)F)c1)c1ccccc1. The van der Waals surface area contributed by atoms with Gasteiger partial charge in [0.25, 0.3) is 0 Å². The zero-order valence-corrected chi connectivity index (χ0v) is 10.5. The molecule has 0 bridgehead atoms. The summed E-state index contributed by atoms with van der Waals surface area (Å²) in [5.41, 5.74) is 5.97. The highest BCUT2D eigenvalue weighted by atomic mass is 19.4. The quantitative estimate of drug-likeness (QED) is 0.844. The summed E-state index contributed by atoms with van der Waals surface area (Å²) in [5, 5.41) is 0. The number of nitrogens with two attached hydrogens (primary N) is 1. The van der Waals surface area contributed by atoms with Crippen LogP contribution in [0.25, 0.3) is 0 Å². The normalized spacial score (nSPS) is 13.2. The summed E-state index contributed by atoms with van der Waals surface area (Å²) in [6.07, 6.45) is -4.42. The van der Waals surface area contributed by atoms with Gasteiger partial charge in [-0.3, -0.25) is 0 Å². The summed E-state index contributed by atoms with van der Waals surface area (Å²) >= 11 is 0. The molecule has 0 aliphatic heterocycles. The van der Waals surface area contributed by atoms with Crippen LogP contribution >= 0.6 is 0 Å². The molecule has 0 saturated carbocycles. The Kier molecular flexibility index (Phi) is 4.09. The monoisotopic (exact) mass is 283 g/mol. The van der Waals surface area contributed by atoms with Crippen molar-refractivity contribution in [1.29, 1.82) is 0 Å². The van der Waals surface area contributed by atoms with Crippen molar-refractivity contribution in [2.45, 2.75) is 18.6 Å². The fourth-order valence-electron chi connectivity index (χ4n) is 2.00. The third-order valence-corrected chi connectivity index (χ3v) is 2.97.